The maximum atomic E-state index is 4.67. The fourth-order valence-electron chi connectivity index (χ4n) is 2.17. The normalized spacial score (nSPS) is 11.5. The van der Waals surface area contributed by atoms with Crippen LogP contribution in [0, 0.1) is 27.7 Å². The Labute approximate surface area is 102 Å². The quantitative estimate of drug-likeness (QED) is 0.752. The van der Waals surface area contributed by atoms with Crippen LogP contribution in [0.25, 0.3) is 11.2 Å². The summed E-state index contributed by atoms with van der Waals surface area (Å²) >= 11 is 0. The predicted molar refractivity (Wildman–Crippen MR) is 70.4 cm³/mol. The van der Waals surface area contributed by atoms with Crippen LogP contribution in [-0.4, -0.2) is 15.0 Å². The summed E-state index contributed by atoms with van der Waals surface area (Å²) in [5, 5.41) is 0. The molecule has 0 fully saturated rings. The summed E-state index contributed by atoms with van der Waals surface area (Å²) in [6, 6.07) is 0. The van der Waals surface area contributed by atoms with Crippen LogP contribution in [0.2, 0.25) is 0 Å². The Hall–Kier alpha value is -1.51. The first kappa shape index (κ1) is 12.0. The van der Waals surface area contributed by atoms with Crippen molar-refractivity contribution in [3.63, 3.8) is 0 Å². The highest BCUT2D eigenvalue weighted by Crippen LogP contribution is 2.27. The lowest BCUT2D eigenvalue weighted by Gasteiger charge is -2.15. The monoisotopic (exact) mass is 229 g/mol. The van der Waals surface area contributed by atoms with E-state index in [4.69, 9.17) is 0 Å². The van der Waals surface area contributed by atoms with Gasteiger partial charge in [-0.05, 0) is 44.7 Å². The van der Waals surface area contributed by atoms with Crippen molar-refractivity contribution in [2.24, 2.45) is 0 Å². The summed E-state index contributed by atoms with van der Waals surface area (Å²) in [6.45, 7) is 12.5. The molecule has 0 saturated carbocycles. The average Bonchev–Trinajstić information content (AvgIpc) is 2.23. The van der Waals surface area contributed by atoms with Crippen molar-refractivity contribution in [1.29, 1.82) is 0 Å². The lowest BCUT2D eigenvalue weighted by molar-refractivity contribution is 0.851. The van der Waals surface area contributed by atoms with E-state index in [2.05, 4.69) is 35.7 Å². The third kappa shape index (κ3) is 1.90. The molecule has 0 bridgehead atoms. The summed E-state index contributed by atoms with van der Waals surface area (Å²) < 4.78 is 0. The van der Waals surface area contributed by atoms with Crippen LogP contribution in [0.15, 0.2) is 0 Å². The summed E-state index contributed by atoms with van der Waals surface area (Å²) in [7, 11) is 0. The van der Waals surface area contributed by atoms with E-state index >= 15 is 0 Å². The summed E-state index contributed by atoms with van der Waals surface area (Å²) in [5.74, 6) is 0.440. The van der Waals surface area contributed by atoms with Crippen molar-refractivity contribution in [3.8, 4) is 0 Å². The second-order valence-electron chi connectivity index (χ2n) is 4.96. The zero-order valence-corrected chi connectivity index (χ0v) is 11.4. The van der Waals surface area contributed by atoms with Crippen LogP contribution in [0.4, 0.5) is 0 Å². The number of hydrogen-bond donors (Lipinski definition) is 0. The number of aromatic nitrogens is 3. The van der Waals surface area contributed by atoms with E-state index in [0.717, 1.165) is 28.2 Å². The van der Waals surface area contributed by atoms with Crippen molar-refractivity contribution < 1.29 is 0 Å². The molecule has 3 heteroatoms. The lowest BCUT2D eigenvalue weighted by atomic mass is 9.96. The zero-order valence-electron chi connectivity index (χ0n) is 11.4. The standard InChI is InChI=1S/C14H19N3/c1-7(2)12-8(3)9(4)16-14-13(12)15-10(5)11(6)17-14/h7H,1-6H3. The van der Waals surface area contributed by atoms with Gasteiger partial charge in [-0.1, -0.05) is 13.8 Å². The molecule has 0 aromatic carbocycles. The van der Waals surface area contributed by atoms with Gasteiger partial charge in [0, 0.05) is 5.69 Å². The van der Waals surface area contributed by atoms with Crippen molar-refractivity contribution in [2.45, 2.75) is 47.5 Å². The third-order valence-electron chi connectivity index (χ3n) is 3.34. The van der Waals surface area contributed by atoms with Gasteiger partial charge in [0.2, 0.25) is 0 Å². The second kappa shape index (κ2) is 4.06. The molecule has 0 radical (unpaired) electrons. The molecule has 2 aromatic heterocycles. The number of pyridine rings is 1. The molecule has 0 atom stereocenters. The Kier molecular flexibility index (Phi) is 2.86. The van der Waals surface area contributed by atoms with Crippen molar-refractivity contribution >= 4 is 11.2 Å². The van der Waals surface area contributed by atoms with Gasteiger partial charge in [0.15, 0.2) is 5.65 Å². The van der Waals surface area contributed by atoms with Crippen LogP contribution >= 0.6 is 0 Å². The number of hydrogen-bond acceptors (Lipinski definition) is 3. The SMILES string of the molecule is Cc1nc2nc(C)c(C)c(C(C)C)c2nc1C. The van der Waals surface area contributed by atoms with Gasteiger partial charge in [0.05, 0.1) is 11.4 Å². The molecule has 2 rings (SSSR count). The minimum absolute atomic E-state index is 0.440. The number of aryl methyl sites for hydroxylation is 3. The van der Waals surface area contributed by atoms with E-state index < -0.39 is 0 Å². The first-order valence-electron chi connectivity index (χ1n) is 6.04. The first-order valence-corrected chi connectivity index (χ1v) is 6.04. The van der Waals surface area contributed by atoms with E-state index in [9.17, 15) is 0 Å². The molecule has 0 amide bonds. The first-order chi connectivity index (χ1) is 7.91. The molecule has 0 aliphatic carbocycles. The lowest BCUT2D eigenvalue weighted by Crippen LogP contribution is -2.05. The van der Waals surface area contributed by atoms with Gasteiger partial charge < -0.3 is 0 Å². The molecule has 90 valence electrons. The Morgan fingerprint density at radius 3 is 1.88 bits per heavy atom. The fourth-order valence-corrected chi connectivity index (χ4v) is 2.17. The highest BCUT2D eigenvalue weighted by atomic mass is 14.9. The molecule has 2 heterocycles. The van der Waals surface area contributed by atoms with Gasteiger partial charge in [-0.2, -0.15) is 0 Å². The molecule has 17 heavy (non-hydrogen) atoms. The van der Waals surface area contributed by atoms with Gasteiger partial charge in [-0.3, -0.25) is 0 Å². The van der Waals surface area contributed by atoms with Crippen LogP contribution < -0.4 is 0 Å². The van der Waals surface area contributed by atoms with Crippen LogP contribution in [0.3, 0.4) is 0 Å². The average molecular weight is 229 g/mol. The van der Waals surface area contributed by atoms with Crippen LogP contribution in [-0.2, 0) is 0 Å². The van der Waals surface area contributed by atoms with Crippen LogP contribution in [0.5, 0.6) is 0 Å². The molecule has 0 saturated heterocycles. The van der Waals surface area contributed by atoms with Crippen molar-refractivity contribution in [1.82, 2.24) is 15.0 Å². The molecular formula is C14H19N3. The second-order valence-corrected chi connectivity index (χ2v) is 4.96. The highest BCUT2D eigenvalue weighted by Gasteiger charge is 2.15. The third-order valence-corrected chi connectivity index (χ3v) is 3.34. The Morgan fingerprint density at radius 1 is 0.765 bits per heavy atom. The van der Waals surface area contributed by atoms with Gasteiger partial charge >= 0.3 is 0 Å². The maximum Gasteiger partial charge on any atom is 0.178 e. The van der Waals surface area contributed by atoms with E-state index in [1.807, 2.05) is 20.8 Å². The summed E-state index contributed by atoms with van der Waals surface area (Å²) in [4.78, 5) is 13.8. The smallest absolute Gasteiger partial charge is 0.178 e. The Morgan fingerprint density at radius 2 is 1.29 bits per heavy atom. The number of rotatable bonds is 1. The van der Waals surface area contributed by atoms with E-state index in [1.165, 1.54) is 11.1 Å². The molecule has 3 nitrogen and oxygen atoms in total. The highest BCUT2D eigenvalue weighted by molar-refractivity contribution is 5.77. The number of fused-ring (bicyclic) bond motifs is 1. The van der Waals surface area contributed by atoms with Crippen molar-refractivity contribution in [2.75, 3.05) is 0 Å². The van der Waals surface area contributed by atoms with Gasteiger partial charge in [-0.15, -0.1) is 0 Å². The molecule has 0 N–H and O–H groups in total. The molecule has 2 aromatic rings. The minimum Gasteiger partial charge on any atom is -0.248 e. The van der Waals surface area contributed by atoms with E-state index in [1.54, 1.807) is 0 Å². The molecule has 0 aliphatic rings. The maximum absolute atomic E-state index is 4.67. The van der Waals surface area contributed by atoms with Crippen LogP contribution in [0.1, 0.15) is 48.0 Å². The van der Waals surface area contributed by atoms with Gasteiger partial charge in [0.25, 0.3) is 0 Å². The summed E-state index contributed by atoms with van der Waals surface area (Å²) in [5.41, 5.74) is 7.27. The van der Waals surface area contributed by atoms with Gasteiger partial charge in [-0.25, -0.2) is 15.0 Å². The van der Waals surface area contributed by atoms with E-state index in [-0.39, 0.29) is 0 Å². The molecular weight excluding hydrogens is 210 g/mol. The molecule has 0 spiro atoms. The van der Waals surface area contributed by atoms with Crippen molar-refractivity contribution in [3.05, 3.63) is 28.2 Å². The fraction of sp³-hybridized carbons (Fsp3) is 0.500. The topological polar surface area (TPSA) is 38.7 Å². The zero-order chi connectivity index (χ0) is 12.7. The number of nitrogens with zero attached hydrogens (tertiary/aromatic N) is 3. The Balaban J connectivity index is 2.93. The largest absolute Gasteiger partial charge is 0.248 e. The minimum atomic E-state index is 0.440. The summed E-state index contributed by atoms with van der Waals surface area (Å²) in [6.07, 6.45) is 0. The predicted octanol–water partition coefficient (Wildman–Crippen LogP) is 3.38. The van der Waals surface area contributed by atoms with E-state index in [0.29, 0.717) is 5.92 Å². The molecule has 0 unspecified atom stereocenters. The van der Waals surface area contributed by atoms with Gasteiger partial charge in [0.1, 0.15) is 5.52 Å². The molecule has 0 aliphatic heterocycles. The Bertz CT molecular complexity index is 581.